The number of anilines is 1. The maximum atomic E-state index is 13.2. The molecule has 2 saturated carbocycles. The number of nitrogens with zero attached hydrogens (tertiary/aromatic N) is 2. The van der Waals surface area contributed by atoms with Crippen LogP contribution in [0.4, 0.5) is 10.5 Å². The fraction of sp³-hybridized carbons (Fsp3) is 0.533. The first-order valence-corrected chi connectivity index (χ1v) is 13.4. The van der Waals surface area contributed by atoms with Crippen molar-refractivity contribution in [3.8, 4) is 5.75 Å². The lowest BCUT2D eigenvalue weighted by Gasteiger charge is -2.34. The minimum Gasteiger partial charge on any atom is -0.496 e. The molecule has 7 nitrogen and oxygen atoms in total. The largest absolute Gasteiger partial charge is 0.496 e. The zero-order chi connectivity index (χ0) is 26.1. The molecule has 7 heteroatoms. The molecule has 2 aliphatic carbocycles. The third-order valence-corrected chi connectivity index (χ3v) is 8.69. The quantitative estimate of drug-likeness (QED) is 0.610. The second-order valence-electron chi connectivity index (χ2n) is 12.3. The van der Waals surface area contributed by atoms with Crippen molar-refractivity contribution in [1.29, 1.82) is 0 Å². The molecule has 2 aromatic carbocycles. The third-order valence-electron chi connectivity index (χ3n) is 8.69. The number of hydrogen-bond donors (Lipinski definition) is 1. The van der Waals surface area contributed by atoms with Crippen LogP contribution in [0.15, 0.2) is 42.5 Å². The van der Waals surface area contributed by atoms with Crippen molar-refractivity contribution in [2.24, 2.45) is 17.3 Å². The second kappa shape index (κ2) is 8.48. The number of ether oxygens (including phenoxy) is 2. The molecule has 0 spiro atoms. The first kappa shape index (κ1) is 24.3. The topological polar surface area (TPSA) is 71.1 Å². The molecule has 2 heterocycles. The van der Waals surface area contributed by atoms with Gasteiger partial charge in [-0.1, -0.05) is 30.3 Å². The highest BCUT2D eigenvalue weighted by Crippen LogP contribution is 2.67. The van der Waals surface area contributed by atoms with Crippen molar-refractivity contribution in [2.45, 2.75) is 57.7 Å². The lowest BCUT2D eigenvalue weighted by Crippen LogP contribution is -2.41. The van der Waals surface area contributed by atoms with E-state index >= 15 is 0 Å². The summed E-state index contributed by atoms with van der Waals surface area (Å²) in [6.07, 6.45) is 1.78. The smallest absolute Gasteiger partial charge is 0.410 e. The van der Waals surface area contributed by atoms with Crippen molar-refractivity contribution in [2.75, 3.05) is 32.1 Å². The van der Waals surface area contributed by atoms with Gasteiger partial charge in [-0.05, 0) is 68.7 Å². The molecule has 1 saturated heterocycles. The van der Waals surface area contributed by atoms with Gasteiger partial charge >= 0.3 is 6.09 Å². The van der Waals surface area contributed by atoms with Crippen LogP contribution in [-0.4, -0.2) is 49.7 Å². The Balaban J connectivity index is 1.22. The summed E-state index contributed by atoms with van der Waals surface area (Å²) in [7, 11) is 3.59. The van der Waals surface area contributed by atoms with Crippen molar-refractivity contribution >= 4 is 17.7 Å². The molecule has 6 rings (SSSR count). The number of likely N-dealkylation sites (tertiary alicyclic amines) is 1. The predicted octanol–water partition coefficient (Wildman–Crippen LogP) is 4.86. The number of nitrogens with one attached hydrogen (secondary N) is 1. The zero-order valence-electron chi connectivity index (χ0n) is 22.4. The summed E-state index contributed by atoms with van der Waals surface area (Å²) >= 11 is 0. The molecule has 3 fully saturated rings. The van der Waals surface area contributed by atoms with Crippen LogP contribution in [0.5, 0.6) is 5.75 Å². The first-order valence-electron chi connectivity index (χ1n) is 13.4. The number of methoxy groups -OCH3 is 1. The summed E-state index contributed by atoms with van der Waals surface area (Å²) < 4.78 is 11.6. The van der Waals surface area contributed by atoms with Gasteiger partial charge in [0.1, 0.15) is 11.4 Å². The number of carbonyl (C=O) groups is 2. The van der Waals surface area contributed by atoms with Gasteiger partial charge in [-0.2, -0.15) is 0 Å². The molecule has 196 valence electrons. The van der Waals surface area contributed by atoms with E-state index in [2.05, 4.69) is 29.6 Å². The van der Waals surface area contributed by atoms with Gasteiger partial charge in [0.2, 0.25) is 5.91 Å². The summed E-state index contributed by atoms with van der Waals surface area (Å²) in [5, 5.41) is 3.70. The Morgan fingerprint density at radius 1 is 1.16 bits per heavy atom. The average Bonchev–Trinajstić information content (AvgIpc) is 3.77. The number of piperidine rings is 1. The number of benzene rings is 2. The predicted molar refractivity (Wildman–Crippen MR) is 142 cm³/mol. The van der Waals surface area contributed by atoms with Gasteiger partial charge in [0.25, 0.3) is 0 Å². The lowest BCUT2D eigenvalue weighted by atomic mass is 9.89. The van der Waals surface area contributed by atoms with E-state index in [0.717, 1.165) is 42.0 Å². The fourth-order valence-corrected chi connectivity index (χ4v) is 6.75. The molecule has 4 aliphatic rings. The van der Waals surface area contributed by atoms with E-state index in [0.29, 0.717) is 24.9 Å². The Morgan fingerprint density at radius 3 is 2.62 bits per heavy atom. The molecule has 1 unspecified atom stereocenters. The maximum Gasteiger partial charge on any atom is 0.410 e. The third kappa shape index (κ3) is 4.08. The van der Waals surface area contributed by atoms with Crippen molar-refractivity contribution in [1.82, 2.24) is 10.2 Å². The normalized spacial score (nSPS) is 29.4. The summed E-state index contributed by atoms with van der Waals surface area (Å²) in [5.74, 6) is 2.01. The van der Waals surface area contributed by atoms with Crippen molar-refractivity contribution in [3.05, 3.63) is 59.2 Å². The van der Waals surface area contributed by atoms with Crippen LogP contribution in [-0.2, 0) is 16.1 Å². The molecule has 5 atom stereocenters. The highest BCUT2D eigenvalue weighted by Gasteiger charge is 2.67. The number of hydrogen-bond acceptors (Lipinski definition) is 5. The summed E-state index contributed by atoms with van der Waals surface area (Å²) in [4.78, 5) is 29.5. The Kier molecular flexibility index (Phi) is 5.57. The molecule has 37 heavy (non-hydrogen) atoms. The Bertz CT molecular complexity index is 1240. The van der Waals surface area contributed by atoms with Crippen molar-refractivity contribution < 1.29 is 19.1 Å². The van der Waals surface area contributed by atoms with Gasteiger partial charge < -0.3 is 24.6 Å². The molecular formula is C30H37N3O4. The van der Waals surface area contributed by atoms with Gasteiger partial charge in [0.05, 0.1) is 13.2 Å². The zero-order valence-corrected chi connectivity index (χ0v) is 22.4. The van der Waals surface area contributed by atoms with Crippen LogP contribution in [0.25, 0.3) is 0 Å². The van der Waals surface area contributed by atoms with E-state index in [9.17, 15) is 9.59 Å². The molecule has 0 bridgehead atoms. The summed E-state index contributed by atoms with van der Waals surface area (Å²) in [6, 6.07) is 14.6. The van der Waals surface area contributed by atoms with Gasteiger partial charge in [-0.25, -0.2) is 4.79 Å². The van der Waals surface area contributed by atoms with E-state index in [1.165, 1.54) is 5.56 Å². The standard InChI is InChI=1S/C30H37N3O4/c1-29(2,3)37-28(35)33-16-20-14-30(20,26(33)18-9-7-6-8-10-18)17-31-15-19-11-24-22(13-25(19)36-5)21-12-23(21)27(34)32(24)4/h6-11,13,20-21,23,26,31H,12,14-17H2,1-5H3/t20-,21+,23?,26+,30-/m1/s1. The highest BCUT2D eigenvalue weighted by atomic mass is 16.6. The van der Waals surface area contributed by atoms with E-state index in [1.54, 1.807) is 7.11 Å². The van der Waals surface area contributed by atoms with Gasteiger partial charge in [0.15, 0.2) is 0 Å². The van der Waals surface area contributed by atoms with Crippen LogP contribution in [0.2, 0.25) is 0 Å². The molecular weight excluding hydrogens is 466 g/mol. The number of fused-ring (bicyclic) bond motifs is 4. The number of rotatable bonds is 6. The van der Waals surface area contributed by atoms with E-state index in [-0.39, 0.29) is 29.4 Å². The van der Waals surface area contributed by atoms with E-state index in [1.807, 2.05) is 55.8 Å². The van der Waals surface area contributed by atoms with Crippen LogP contribution in [0.1, 0.15) is 62.3 Å². The monoisotopic (exact) mass is 503 g/mol. The second-order valence-corrected chi connectivity index (χ2v) is 12.3. The fourth-order valence-electron chi connectivity index (χ4n) is 6.75. The minimum absolute atomic E-state index is 0.0201. The first-order chi connectivity index (χ1) is 17.6. The minimum atomic E-state index is -0.533. The summed E-state index contributed by atoms with van der Waals surface area (Å²) in [5.41, 5.74) is 3.87. The van der Waals surface area contributed by atoms with Gasteiger partial charge in [-0.3, -0.25) is 4.79 Å². The molecule has 2 amide bonds. The Labute approximate surface area is 219 Å². The van der Waals surface area contributed by atoms with Crippen LogP contribution >= 0.6 is 0 Å². The van der Waals surface area contributed by atoms with Crippen LogP contribution < -0.4 is 15.0 Å². The van der Waals surface area contributed by atoms with Gasteiger partial charge in [0, 0.05) is 49.3 Å². The van der Waals surface area contributed by atoms with Crippen molar-refractivity contribution in [3.63, 3.8) is 0 Å². The van der Waals surface area contributed by atoms with E-state index in [4.69, 9.17) is 9.47 Å². The number of amides is 2. The SMILES string of the molecule is COc1cc2c(cc1CNC[C@]13C[C@@H]1CN(C(=O)OC(C)(C)C)[C@H]3c1ccccc1)N(C)C(=O)C1C[C@@H]21. The Hall–Kier alpha value is -3.06. The Morgan fingerprint density at radius 2 is 1.92 bits per heavy atom. The highest BCUT2D eigenvalue weighted by molar-refractivity contribution is 6.01. The lowest BCUT2D eigenvalue weighted by molar-refractivity contribution is -0.119. The summed E-state index contributed by atoms with van der Waals surface area (Å²) in [6.45, 7) is 7.88. The molecule has 2 aromatic rings. The number of carbonyl (C=O) groups excluding carboxylic acids is 2. The molecule has 0 radical (unpaired) electrons. The van der Waals surface area contributed by atoms with Crippen LogP contribution in [0, 0.1) is 17.3 Å². The maximum absolute atomic E-state index is 13.2. The van der Waals surface area contributed by atoms with Crippen LogP contribution in [0.3, 0.4) is 0 Å². The molecule has 1 N–H and O–H groups in total. The van der Waals surface area contributed by atoms with E-state index < -0.39 is 5.60 Å². The molecule has 2 aliphatic heterocycles. The molecule has 0 aromatic heterocycles. The average molecular weight is 504 g/mol. The van der Waals surface area contributed by atoms with Gasteiger partial charge in [-0.15, -0.1) is 0 Å².